The molecule has 4 aromatic rings. The Morgan fingerprint density at radius 1 is 0.912 bits per heavy atom. The number of aromatic nitrogens is 2. The summed E-state index contributed by atoms with van der Waals surface area (Å²) in [5.41, 5.74) is 2.36. The van der Waals surface area contributed by atoms with E-state index >= 15 is 0 Å². The number of anilines is 2. The molecule has 174 valence electrons. The van der Waals surface area contributed by atoms with Crippen LogP contribution < -0.4 is 18.5 Å². The van der Waals surface area contributed by atoms with Crippen molar-refractivity contribution in [1.29, 1.82) is 0 Å². The molecule has 0 amide bonds. The summed E-state index contributed by atoms with van der Waals surface area (Å²) < 4.78 is 44.2. The Hall–Kier alpha value is -3.92. The monoisotopic (exact) mass is 525 g/mol. The van der Waals surface area contributed by atoms with E-state index in [-0.39, 0.29) is 5.75 Å². The zero-order chi connectivity index (χ0) is 24.1. The van der Waals surface area contributed by atoms with Crippen molar-refractivity contribution in [3.05, 3.63) is 67.0 Å². The van der Waals surface area contributed by atoms with Crippen molar-refractivity contribution in [3.63, 3.8) is 0 Å². The van der Waals surface area contributed by atoms with Crippen molar-refractivity contribution in [3.8, 4) is 17.2 Å². The van der Waals surface area contributed by atoms with E-state index in [4.69, 9.17) is 17.7 Å². The molecule has 3 aromatic carbocycles. The minimum Gasteiger partial charge on any atom is -0.493 e. The molecule has 0 unspecified atom stereocenters. The van der Waals surface area contributed by atoms with Gasteiger partial charge in [-0.2, -0.15) is 0 Å². The van der Waals surface area contributed by atoms with Crippen molar-refractivity contribution in [2.45, 2.75) is 0 Å². The summed E-state index contributed by atoms with van der Waals surface area (Å²) in [7, 11) is 3.12. The molecule has 12 heteroatoms. The van der Waals surface area contributed by atoms with Crippen LogP contribution in [0.2, 0.25) is 0 Å². The molecule has 0 spiro atoms. The molecule has 0 saturated heterocycles. The molecule has 0 aliphatic rings. The third kappa shape index (κ3) is 5.52. The predicted molar refractivity (Wildman–Crippen MR) is 124 cm³/mol. The Kier molecular flexibility index (Phi) is 6.78. The molecule has 1 aromatic heterocycles. The van der Waals surface area contributed by atoms with Crippen LogP contribution in [0.3, 0.4) is 0 Å². The fraction of sp³-hybridized carbons (Fsp3) is 0.0909. The first-order chi connectivity index (χ1) is 16.4. The van der Waals surface area contributed by atoms with Crippen LogP contribution >= 0.6 is 0 Å². The fourth-order valence-electron chi connectivity index (χ4n) is 3.10. The number of nitrogens with one attached hydrogen (secondary N) is 1. The second-order valence-electron chi connectivity index (χ2n) is 6.86. The van der Waals surface area contributed by atoms with E-state index in [1.807, 2.05) is 18.2 Å². The van der Waals surface area contributed by atoms with Gasteiger partial charge in [-0.1, -0.05) is 0 Å². The summed E-state index contributed by atoms with van der Waals surface area (Å²) in [6, 6.07) is 16.8. The molecule has 11 nitrogen and oxygen atoms in total. The standard InChI is InChI=1S/C22H20AsN5O6/c1-32-20-11-16-19(12-21(20)33-2)24-13-25-22(16)26-17-5-3-4-6-18(17)28-27-14-7-9-15(10-8-14)34-23(29,30)31/h3-13H,1-2H3,(H,24,25,26)(H2,29,30,31). The van der Waals surface area contributed by atoms with E-state index in [9.17, 15) is 3.74 Å². The quantitative estimate of drug-likeness (QED) is 0.229. The maximum absolute atomic E-state index is 11.0. The zero-order valence-electron chi connectivity index (χ0n) is 18.1. The number of hydrogen-bond donors (Lipinski definition) is 3. The molecule has 0 atom stereocenters. The van der Waals surface area contributed by atoms with Crippen molar-refractivity contribution >= 4 is 48.3 Å². The summed E-state index contributed by atoms with van der Waals surface area (Å²) in [6.07, 6.45) is 1.45. The minimum atomic E-state index is -5.23. The normalized spacial score (nSPS) is 11.5. The number of fused-ring (bicyclic) bond motifs is 1. The molecule has 0 radical (unpaired) electrons. The van der Waals surface area contributed by atoms with E-state index in [1.54, 1.807) is 32.4 Å². The topological polar surface area (TPSA) is 148 Å². The van der Waals surface area contributed by atoms with Crippen LogP contribution in [0.5, 0.6) is 17.2 Å². The molecule has 34 heavy (non-hydrogen) atoms. The molecule has 0 fully saturated rings. The van der Waals surface area contributed by atoms with Crippen LogP contribution in [0.4, 0.5) is 22.9 Å². The van der Waals surface area contributed by atoms with Crippen molar-refractivity contribution in [2.24, 2.45) is 10.2 Å². The van der Waals surface area contributed by atoms with Gasteiger partial charge in [-0.3, -0.25) is 0 Å². The predicted octanol–water partition coefficient (Wildman–Crippen LogP) is 4.04. The summed E-state index contributed by atoms with van der Waals surface area (Å²) in [5.74, 6) is 1.71. The average Bonchev–Trinajstić information content (AvgIpc) is 2.82. The van der Waals surface area contributed by atoms with Crippen LogP contribution in [-0.2, 0) is 3.74 Å². The van der Waals surface area contributed by atoms with Gasteiger partial charge in [0.25, 0.3) is 0 Å². The van der Waals surface area contributed by atoms with Gasteiger partial charge < -0.3 is 9.47 Å². The molecule has 0 saturated carbocycles. The van der Waals surface area contributed by atoms with E-state index in [1.165, 1.54) is 30.6 Å². The number of rotatable bonds is 8. The fourth-order valence-corrected chi connectivity index (χ4v) is 3.93. The first-order valence-corrected chi connectivity index (χ1v) is 13.1. The second kappa shape index (κ2) is 9.92. The number of para-hydroxylation sites is 1. The van der Waals surface area contributed by atoms with Crippen LogP contribution in [0, 0.1) is 0 Å². The molecule has 3 N–H and O–H groups in total. The smallest absolute Gasteiger partial charge is 0.493 e. The van der Waals surface area contributed by atoms with Gasteiger partial charge in [-0.25, -0.2) is 4.98 Å². The molecule has 1 heterocycles. The Morgan fingerprint density at radius 2 is 1.62 bits per heavy atom. The molecule has 0 aliphatic carbocycles. The van der Waals surface area contributed by atoms with Crippen molar-refractivity contribution in [1.82, 2.24) is 9.97 Å². The van der Waals surface area contributed by atoms with Gasteiger partial charge in [0.1, 0.15) is 6.33 Å². The van der Waals surface area contributed by atoms with Gasteiger partial charge in [0.05, 0.1) is 19.7 Å². The minimum absolute atomic E-state index is 0.0521. The van der Waals surface area contributed by atoms with E-state index in [2.05, 4.69) is 29.2 Å². The van der Waals surface area contributed by atoms with E-state index in [0.717, 1.165) is 5.39 Å². The van der Waals surface area contributed by atoms with E-state index < -0.39 is 14.5 Å². The second-order valence-corrected chi connectivity index (χ2v) is 9.31. The Bertz CT molecular complexity index is 1390. The summed E-state index contributed by atoms with van der Waals surface area (Å²) in [5, 5.41) is 12.5. The van der Waals surface area contributed by atoms with Gasteiger partial charge in [0.2, 0.25) is 0 Å². The summed E-state index contributed by atoms with van der Waals surface area (Å²) in [4.78, 5) is 8.67. The molecular formula is C22H20AsN5O6. The third-order valence-corrected chi connectivity index (χ3v) is 5.57. The number of benzene rings is 3. The summed E-state index contributed by atoms with van der Waals surface area (Å²) >= 11 is -5.23. The SMILES string of the molecule is COc1cc2ncnc(Nc3ccccc3N=Nc3ccc(O[As](=O)(O)O)cc3)c2cc1OC. The number of nitrogens with zero attached hydrogens (tertiary/aromatic N) is 4. The van der Waals surface area contributed by atoms with Gasteiger partial charge in [0, 0.05) is 6.07 Å². The van der Waals surface area contributed by atoms with Crippen LogP contribution in [0.15, 0.2) is 77.2 Å². The Morgan fingerprint density at radius 3 is 2.32 bits per heavy atom. The van der Waals surface area contributed by atoms with Crippen molar-refractivity contribution in [2.75, 3.05) is 19.5 Å². The maximum atomic E-state index is 11.0. The Labute approximate surface area is 197 Å². The van der Waals surface area contributed by atoms with Crippen LogP contribution in [0.25, 0.3) is 10.9 Å². The first kappa shape index (κ1) is 23.2. The number of ether oxygens (including phenoxy) is 2. The molecule has 0 bridgehead atoms. The van der Waals surface area contributed by atoms with Gasteiger partial charge in [-0.05, 0) is 6.07 Å². The molecular weight excluding hydrogens is 505 g/mol. The number of methoxy groups -OCH3 is 2. The van der Waals surface area contributed by atoms with Gasteiger partial charge in [-0.15, -0.1) is 0 Å². The van der Waals surface area contributed by atoms with Gasteiger partial charge in [0.15, 0.2) is 11.5 Å². The molecule has 0 aliphatic heterocycles. The molecule has 4 rings (SSSR count). The number of azo groups is 1. The average molecular weight is 525 g/mol. The van der Waals surface area contributed by atoms with Crippen LogP contribution in [0.1, 0.15) is 0 Å². The van der Waals surface area contributed by atoms with E-state index in [0.29, 0.717) is 39.9 Å². The Balaban J connectivity index is 1.61. The third-order valence-electron chi connectivity index (χ3n) is 4.63. The number of hydrogen-bond acceptors (Lipinski definition) is 9. The van der Waals surface area contributed by atoms with Crippen molar-refractivity contribution < 1.29 is 25.1 Å². The first-order valence-electron chi connectivity index (χ1n) is 9.86. The van der Waals surface area contributed by atoms with Gasteiger partial charge >= 0.3 is 133 Å². The zero-order valence-corrected chi connectivity index (χ0v) is 20.0. The summed E-state index contributed by atoms with van der Waals surface area (Å²) in [6.45, 7) is 0. The van der Waals surface area contributed by atoms with Crippen LogP contribution in [-0.4, -0.2) is 46.9 Å².